The second-order valence-corrected chi connectivity index (χ2v) is 6.88. The zero-order valence-electron chi connectivity index (χ0n) is 17.2. The molecule has 0 bridgehead atoms. The molecule has 2 aromatic carbocycles. The predicted octanol–water partition coefficient (Wildman–Crippen LogP) is 3.63. The zero-order valence-corrected chi connectivity index (χ0v) is 17.2. The fraction of sp³-hybridized carbons (Fsp3) is 0.391. The van der Waals surface area contributed by atoms with Crippen molar-refractivity contribution in [3.05, 3.63) is 65.2 Å². The van der Waals surface area contributed by atoms with Gasteiger partial charge in [-0.25, -0.2) is 0 Å². The average Bonchev–Trinajstić information content (AvgIpc) is 2.68. The van der Waals surface area contributed by atoms with E-state index in [1.54, 1.807) is 4.90 Å². The molecule has 0 fully saturated rings. The van der Waals surface area contributed by atoms with E-state index in [2.05, 4.69) is 5.32 Å². The van der Waals surface area contributed by atoms with Crippen molar-refractivity contribution in [2.45, 2.75) is 46.7 Å². The summed E-state index contributed by atoms with van der Waals surface area (Å²) in [7, 11) is 0. The number of hydrogen-bond acceptors (Lipinski definition) is 3. The molecular formula is C23H30N2O3. The minimum absolute atomic E-state index is 0.105. The normalized spacial score (nSPS) is 11.6. The van der Waals surface area contributed by atoms with Gasteiger partial charge in [-0.1, -0.05) is 55.0 Å². The molecule has 0 saturated carbocycles. The number of likely N-dealkylation sites (N-methyl/N-ethyl adjacent to an activating group) is 1. The Morgan fingerprint density at radius 1 is 1.07 bits per heavy atom. The van der Waals surface area contributed by atoms with Crippen molar-refractivity contribution in [2.24, 2.45) is 0 Å². The van der Waals surface area contributed by atoms with Gasteiger partial charge in [-0.05, 0) is 44.4 Å². The van der Waals surface area contributed by atoms with Gasteiger partial charge < -0.3 is 15.0 Å². The van der Waals surface area contributed by atoms with E-state index >= 15 is 0 Å². The molecule has 1 atom stereocenters. The van der Waals surface area contributed by atoms with Crippen LogP contribution in [-0.2, 0) is 16.1 Å². The molecule has 0 spiro atoms. The highest BCUT2D eigenvalue weighted by molar-refractivity contribution is 5.88. The van der Waals surface area contributed by atoms with Crippen molar-refractivity contribution >= 4 is 11.8 Å². The Morgan fingerprint density at radius 2 is 1.79 bits per heavy atom. The van der Waals surface area contributed by atoms with Crippen molar-refractivity contribution in [3.63, 3.8) is 0 Å². The summed E-state index contributed by atoms with van der Waals surface area (Å²) in [6.07, 6.45) is 0.536. The van der Waals surface area contributed by atoms with Crippen LogP contribution in [-0.4, -0.2) is 35.9 Å². The number of hydrogen-bond donors (Lipinski definition) is 1. The summed E-state index contributed by atoms with van der Waals surface area (Å²) in [6, 6.07) is 15.0. The number of amides is 2. The van der Waals surface area contributed by atoms with Crippen LogP contribution in [0.25, 0.3) is 0 Å². The minimum atomic E-state index is -0.532. The summed E-state index contributed by atoms with van der Waals surface area (Å²) in [5.41, 5.74) is 3.10. The highest BCUT2D eigenvalue weighted by Crippen LogP contribution is 2.19. The van der Waals surface area contributed by atoms with Gasteiger partial charge in [0.1, 0.15) is 11.8 Å². The maximum Gasteiger partial charge on any atom is 0.261 e. The van der Waals surface area contributed by atoms with E-state index in [0.29, 0.717) is 25.3 Å². The topological polar surface area (TPSA) is 58.6 Å². The highest BCUT2D eigenvalue weighted by Gasteiger charge is 2.28. The van der Waals surface area contributed by atoms with Crippen molar-refractivity contribution in [1.29, 1.82) is 0 Å². The lowest BCUT2D eigenvalue weighted by molar-refractivity contribution is -0.142. The number of nitrogens with one attached hydrogen (secondary N) is 1. The number of benzene rings is 2. The van der Waals surface area contributed by atoms with E-state index < -0.39 is 6.04 Å². The van der Waals surface area contributed by atoms with Crippen LogP contribution in [0.2, 0.25) is 0 Å². The standard InChI is InChI=1S/C23H30N2O3/c1-5-20(23(27)24-6-2)25(15-19-10-8-7-9-11-19)22(26)16-28-21-13-12-17(3)14-18(21)4/h7-14,20H,5-6,15-16H2,1-4H3,(H,24,27)/t20-/m1/s1. The van der Waals surface area contributed by atoms with Gasteiger partial charge in [0.2, 0.25) is 5.91 Å². The van der Waals surface area contributed by atoms with Crippen LogP contribution in [0.5, 0.6) is 5.75 Å². The molecule has 2 rings (SSSR count). The Bertz CT molecular complexity index is 790. The van der Waals surface area contributed by atoms with E-state index in [9.17, 15) is 9.59 Å². The molecule has 28 heavy (non-hydrogen) atoms. The molecule has 2 aromatic rings. The Kier molecular flexibility index (Phi) is 8.05. The van der Waals surface area contributed by atoms with Gasteiger partial charge in [-0.15, -0.1) is 0 Å². The smallest absolute Gasteiger partial charge is 0.261 e. The van der Waals surface area contributed by atoms with E-state index in [1.807, 2.05) is 76.2 Å². The van der Waals surface area contributed by atoms with Crippen molar-refractivity contribution in [2.75, 3.05) is 13.2 Å². The second-order valence-electron chi connectivity index (χ2n) is 6.88. The maximum atomic E-state index is 13.0. The van der Waals surface area contributed by atoms with Crippen molar-refractivity contribution < 1.29 is 14.3 Å². The minimum Gasteiger partial charge on any atom is -0.483 e. The van der Waals surface area contributed by atoms with Gasteiger partial charge >= 0.3 is 0 Å². The molecule has 0 aliphatic heterocycles. The molecule has 2 amide bonds. The van der Waals surface area contributed by atoms with Gasteiger partial charge in [-0.2, -0.15) is 0 Å². The molecule has 0 aliphatic carbocycles. The van der Waals surface area contributed by atoms with Gasteiger partial charge in [0, 0.05) is 13.1 Å². The van der Waals surface area contributed by atoms with Crippen LogP contribution in [0.4, 0.5) is 0 Å². The zero-order chi connectivity index (χ0) is 20.5. The van der Waals surface area contributed by atoms with Crippen LogP contribution in [0.3, 0.4) is 0 Å². The molecule has 1 N–H and O–H groups in total. The summed E-state index contributed by atoms with van der Waals surface area (Å²) in [4.78, 5) is 27.2. The molecule has 0 radical (unpaired) electrons. The molecule has 5 nitrogen and oxygen atoms in total. The van der Waals surface area contributed by atoms with Crippen LogP contribution < -0.4 is 10.1 Å². The quantitative estimate of drug-likeness (QED) is 0.721. The van der Waals surface area contributed by atoms with E-state index in [-0.39, 0.29) is 18.4 Å². The highest BCUT2D eigenvalue weighted by atomic mass is 16.5. The molecule has 0 aliphatic rings. The third-order valence-electron chi connectivity index (χ3n) is 4.61. The van der Waals surface area contributed by atoms with Gasteiger partial charge in [0.05, 0.1) is 0 Å². The van der Waals surface area contributed by atoms with Gasteiger partial charge in [0.25, 0.3) is 5.91 Å². The summed E-state index contributed by atoms with van der Waals surface area (Å²) in [6.45, 7) is 8.55. The number of ether oxygens (including phenoxy) is 1. The van der Waals surface area contributed by atoms with Gasteiger partial charge in [0.15, 0.2) is 6.61 Å². The second kappa shape index (κ2) is 10.5. The molecule has 150 valence electrons. The lowest BCUT2D eigenvalue weighted by Crippen LogP contribution is -2.50. The number of nitrogens with zero attached hydrogens (tertiary/aromatic N) is 1. The van der Waals surface area contributed by atoms with E-state index in [4.69, 9.17) is 4.74 Å². The van der Waals surface area contributed by atoms with Crippen LogP contribution in [0.1, 0.15) is 37.0 Å². The van der Waals surface area contributed by atoms with Crippen molar-refractivity contribution in [3.8, 4) is 5.75 Å². The first-order chi connectivity index (χ1) is 13.5. The van der Waals surface area contributed by atoms with E-state index in [1.165, 1.54) is 0 Å². The fourth-order valence-electron chi connectivity index (χ4n) is 3.18. The number of rotatable bonds is 9. The van der Waals surface area contributed by atoms with Crippen LogP contribution in [0.15, 0.2) is 48.5 Å². The molecule has 0 saturated heterocycles. The Labute approximate surface area is 167 Å². The Morgan fingerprint density at radius 3 is 2.39 bits per heavy atom. The predicted molar refractivity (Wildman–Crippen MR) is 111 cm³/mol. The summed E-state index contributed by atoms with van der Waals surface area (Å²) in [5, 5.41) is 2.83. The number of aryl methyl sites for hydroxylation is 2. The monoisotopic (exact) mass is 382 g/mol. The molecule has 0 unspecified atom stereocenters. The first kappa shape index (κ1) is 21.5. The molecule has 5 heteroatoms. The average molecular weight is 383 g/mol. The molecular weight excluding hydrogens is 352 g/mol. The third-order valence-corrected chi connectivity index (χ3v) is 4.61. The Hall–Kier alpha value is -2.82. The first-order valence-electron chi connectivity index (χ1n) is 9.77. The van der Waals surface area contributed by atoms with Crippen molar-refractivity contribution in [1.82, 2.24) is 10.2 Å². The van der Waals surface area contributed by atoms with Gasteiger partial charge in [-0.3, -0.25) is 9.59 Å². The summed E-state index contributed by atoms with van der Waals surface area (Å²) >= 11 is 0. The largest absolute Gasteiger partial charge is 0.483 e. The SMILES string of the molecule is CCNC(=O)[C@@H](CC)N(Cc1ccccc1)C(=O)COc1ccc(C)cc1C. The van der Waals surface area contributed by atoms with Crippen LogP contribution >= 0.6 is 0 Å². The first-order valence-corrected chi connectivity index (χ1v) is 9.77. The molecule has 0 heterocycles. The number of carbonyl (C=O) groups excluding carboxylic acids is 2. The maximum absolute atomic E-state index is 13.0. The lowest BCUT2D eigenvalue weighted by atomic mass is 10.1. The number of carbonyl (C=O) groups is 2. The Balaban J connectivity index is 2.18. The summed E-state index contributed by atoms with van der Waals surface area (Å²) in [5.74, 6) is 0.340. The lowest BCUT2D eigenvalue weighted by Gasteiger charge is -2.30. The summed E-state index contributed by atoms with van der Waals surface area (Å²) < 4.78 is 5.78. The fourth-order valence-corrected chi connectivity index (χ4v) is 3.18. The molecule has 0 aromatic heterocycles. The third kappa shape index (κ3) is 5.84. The van der Waals surface area contributed by atoms with Crippen LogP contribution in [0, 0.1) is 13.8 Å². The van der Waals surface area contributed by atoms with E-state index in [0.717, 1.165) is 16.7 Å².